The molecule has 15 heavy (non-hydrogen) atoms. The van der Waals surface area contributed by atoms with E-state index in [2.05, 4.69) is 0 Å². The van der Waals surface area contributed by atoms with Crippen LogP contribution in [0.4, 0.5) is 0 Å². The van der Waals surface area contributed by atoms with Gasteiger partial charge in [0, 0.05) is 0 Å². The molecule has 1 heterocycles. The molecule has 0 unspecified atom stereocenters. The van der Waals surface area contributed by atoms with Gasteiger partial charge in [0.2, 0.25) is 0 Å². The zero-order valence-electron chi connectivity index (χ0n) is 8.27. The summed E-state index contributed by atoms with van der Waals surface area (Å²) in [7, 11) is -2.97. The van der Waals surface area contributed by atoms with E-state index >= 15 is 0 Å². The van der Waals surface area contributed by atoms with Crippen LogP contribution in [0.25, 0.3) is 0 Å². The third-order valence-corrected chi connectivity index (χ3v) is 5.82. The second kappa shape index (κ2) is 4.14. The summed E-state index contributed by atoms with van der Waals surface area (Å²) in [5.74, 6) is 0.285. The zero-order chi connectivity index (χ0) is 10.9. The van der Waals surface area contributed by atoms with E-state index in [4.69, 9.17) is 11.6 Å². The molecule has 0 bridgehead atoms. The number of benzene rings is 1. The van der Waals surface area contributed by atoms with E-state index in [1.165, 1.54) is 0 Å². The fraction of sp³-hybridized carbons (Fsp3) is 0.455. The number of hydrogen-bond acceptors (Lipinski definition) is 2. The maximum Gasteiger partial charge on any atom is 0.154 e. The normalized spacial score (nSPS) is 26.3. The van der Waals surface area contributed by atoms with Crippen molar-refractivity contribution in [2.45, 2.75) is 23.5 Å². The minimum absolute atomic E-state index is 0.285. The van der Waals surface area contributed by atoms with Crippen LogP contribution in [0, 0.1) is 0 Å². The van der Waals surface area contributed by atoms with Crippen molar-refractivity contribution < 1.29 is 8.42 Å². The molecule has 1 saturated heterocycles. The van der Waals surface area contributed by atoms with E-state index in [1.807, 2.05) is 30.3 Å². The average Bonchev–Trinajstić information content (AvgIpc) is 2.58. The highest BCUT2D eigenvalue weighted by molar-refractivity contribution is 7.92. The van der Waals surface area contributed by atoms with Gasteiger partial charge in [-0.25, -0.2) is 8.42 Å². The summed E-state index contributed by atoms with van der Waals surface area (Å²) < 4.78 is 23.4. The Hall–Kier alpha value is -0.540. The first-order valence-corrected chi connectivity index (χ1v) is 7.17. The lowest BCUT2D eigenvalue weighted by atomic mass is 10.1. The summed E-state index contributed by atoms with van der Waals surface area (Å²) in [4.78, 5) is 0. The molecule has 0 spiro atoms. The predicted octanol–water partition coefficient (Wildman–Crippen LogP) is 2.54. The monoisotopic (exact) mass is 244 g/mol. The van der Waals surface area contributed by atoms with Crippen LogP contribution in [0.2, 0.25) is 0 Å². The molecule has 2 nitrogen and oxygen atoms in total. The average molecular weight is 245 g/mol. The molecule has 2 atom stereocenters. The van der Waals surface area contributed by atoms with Crippen LogP contribution in [-0.4, -0.2) is 19.4 Å². The molecule has 0 amide bonds. The lowest BCUT2D eigenvalue weighted by Crippen LogP contribution is -2.21. The van der Waals surface area contributed by atoms with Gasteiger partial charge < -0.3 is 0 Å². The van der Waals surface area contributed by atoms with E-state index in [9.17, 15) is 8.42 Å². The molecule has 0 aliphatic carbocycles. The molecule has 1 aromatic rings. The van der Waals surface area contributed by atoms with Crippen LogP contribution < -0.4 is 0 Å². The standard InChI is InChI=1S/C11H13ClO2S/c12-11(9-5-2-1-3-6-9)10-7-4-8-15(10,13)14/h1-3,5-6,10-11H,4,7-8H2/t10-,11-/m0/s1. The molecule has 0 N–H and O–H groups in total. The Morgan fingerprint density at radius 2 is 1.93 bits per heavy atom. The van der Waals surface area contributed by atoms with Crippen molar-refractivity contribution in [3.63, 3.8) is 0 Å². The number of rotatable bonds is 2. The first-order valence-electron chi connectivity index (χ1n) is 5.02. The summed E-state index contributed by atoms with van der Waals surface area (Å²) >= 11 is 6.22. The molecular weight excluding hydrogens is 232 g/mol. The fourth-order valence-electron chi connectivity index (χ4n) is 2.00. The maximum absolute atomic E-state index is 11.7. The van der Waals surface area contributed by atoms with Crippen molar-refractivity contribution in [1.82, 2.24) is 0 Å². The molecule has 0 saturated carbocycles. The summed E-state index contributed by atoms with van der Waals surface area (Å²) in [6.45, 7) is 0. The Morgan fingerprint density at radius 1 is 1.27 bits per heavy atom. The SMILES string of the molecule is O=S1(=O)CCC[C@H]1[C@@H](Cl)c1ccccc1. The summed E-state index contributed by atoms with van der Waals surface area (Å²) in [6.07, 6.45) is 1.43. The summed E-state index contributed by atoms with van der Waals surface area (Å²) in [5, 5.41) is -0.805. The van der Waals surface area contributed by atoms with Gasteiger partial charge in [-0.05, 0) is 18.4 Å². The first kappa shape index (κ1) is 11.0. The lowest BCUT2D eigenvalue weighted by Gasteiger charge is -2.16. The molecule has 1 fully saturated rings. The van der Waals surface area contributed by atoms with Gasteiger partial charge in [0.15, 0.2) is 9.84 Å². The highest BCUT2D eigenvalue weighted by Crippen LogP contribution is 2.35. The maximum atomic E-state index is 11.7. The smallest absolute Gasteiger partial charge is 0.154 e. The molecule has 1 aromatic carbocycles. The zero-order valence-corrected chi connectivity index (χ0v) is 9.84. The highest BCUT2D eigenvalue weighted by atomic mass is 35.5. The second-order valence-electron chi connectivity index (χ2n) is 3.86. The molecule has 0 aromatic heterocycles. The van der Waals surface area contributed by atoms with Gasteiger partial charge in [-0.1, -0.05) is 30.3 Å². The van der Waals surface area contributed by atoms with Gasteiger partial charge in [0.25, 0.3) is 0 Å². The predicted molar refractivity (Wildman–Crippen MR) is 61.8 cm³/mol. The van der Waals surface area contributed by atoms with Gasteiger partial charge in [0.05, 0.1) is 16.4 Å². The van der Waals surface area contributed by atoms with Crippen molar-refractivity contribution in [2.24, 2.45) is 0 Å². The van der Waals surface area contributed by atoms with Crippen LogP contribution in [0.3, 0.4) is 0 Å². The Morgan fingerprint density at radius 3 is 2.47 bits per heavy atom. The van der Waals surface area contributed by atoms with Gasteiger partial charge in [-0.2, -0.15) is 0 Å². The van der Waals surface area contributed by atoms with Crippen LogP contribution in [0.5, 0.6) is 0 Å². The fourth-order valence-corrected chi connectivity index (χ4v) is 4.66. The quantitative estimate of drug-likeness (QED) is 0.750. The van der Waals surface area contributed by atoms with Gasteiger partial charge in [-0.15, -0.1) is 11.6 Å². The number of halogens is 1. The number of sulfone groups is 1. The minimum Gasteiger partial charge on any atom is -0.228 e. The minimum atomic E-state index is -2.97. The topological polar surface area (TPSA) is 34.1 Å². The largest absolute Gasteiger partial charge is 0.228 e. The van der Waals surface area contributed by atoms with Crippen molar-refractivity contribution >= 4 is 21.4 Å². The lowest BCUT2D eigenvalue weighted by molar-refractivity contribution is 0.586. The number of alkyl halides is 1. The van der Waals surface area contributed by atoms with Crippen LogP contribution in [0.15, 0.2) is 30.3 Å². The van der Waals surface area contributed by atoms with Crippen molar-refractivity contribution in [2.75, 3.05) is 5.75 Å². The van der Waals surface area contributed by atoms with E-state index < -0.39 is 20.5 Å². The molecule has 1 aliphatic heterocycles. The van der Waals surface area contributed by atoms with Crippen molar-refractivity contribution in [3.8, 4) is 0 Å². The summed E-state index contributed by atoms with van der Waals surface area (Å²) in [6, 6.07) is 9.42. The number of hydrogen-bond donors (Lipinski definition) is 0. The molecule has 82 valence electrons. The molecule has 0 radical (unpaired) electrons. The third-order valence-electron chi connectivity index (χ3n) is 2.82. The first-order chi connectivity index (χ1) is 7.11. The van der Waals surface area contributed by atoms with Crippen molar-refractivity contribution in [3.05, 3.63) is 35.9 Å². The Balaban J connectivity index is 2.26. The molecule has 1 aliphatic rings. The summed E-state index contributed by atoms with van der Waals surface area (Å²) in [5.41, 5.74) is 0.898. The Bertz CT molecular complexity index is 427. The molecular formula is C11H13ClO2S. The Kier molecular flexibility index (Phi) is 3.03. The molecule has 4 heteroatoms. The van der Waals surface area contributed by atoms with Gasteiger partial charge >= 0.3 is 0 Å². The van der Waals surface area contributed by atoms with Crippen LogP contribution >= 0.6 is 11.6 Å². The van der Waals surface area contributed by atoms with Gasteiger partial charge in [0.1, 0.15) is 0 Å². The van der Waals surface area contributed by atoms with Crippen molar-refractivity contribution in [1.29, 1.82) is 0 Å². The Labute approximate surface area is 95.2 Å². The van der Waals surface area contributed by atoms with E-state index in [0.29, 0.717) is 6.42 Å². The van der Waals surface area contributed by atoms with Crippen LogP contribution in [-0.2, 0) is 9.84 Å². The molecule has 2 rings (SSSR count). The van der Waals surface area contributed by atoms with E-state index in [0.717, 1.165) is 12.0 Å². The second-order valence-corrected chi connectivity index (χ2v) is 6.67. The van der Waals surface area contributed by atoms with Crippen LogP contribution in [0.1, 0.15) is 23.8 Å². The van der Waals surface area contributed by atoms with E-state index in [-0.39, 0.29) is 5.75 Å². The highest BCUT2D eigenvalue weighted by Gasteiger charge is 2.37. The van der Waals surface area contributed by atoms with Gasteiger partial charge in [-0.3, -0.25) is 0 Å². The van der Waals surface area contributed by atoms with E-state index in [1.54, 1.807) is 0 Å². The third kappa shape index (κ3) is 2.18.